The first kappa shape index (κ1) is 28.0. The second-order valence-corrected chi connectivity index (χ2v) is 8.77. The Hall–Kier alpha value is -3.61. The molecule has 13 heteroatoms. The van der Waals surface area contributed by atoms with Crippen molar-refractivity contribution in [3.8, 4) is 0 Å². The summed E-state index contributed by atoms with van der Waals surface area (Å²) in [7, 11) is 0. The Morgan fingerprint density at radius 2 is 1.65 bits per heavy atom. The molecule has 1 amide bonds. The summed E-state index contributed by atoms with van der Waals surface area (Å²) in [6.07, 6.45) is 4.05. The smallest absolute Gasteiger partial charge is 0.303 e. The minimum Gasteiger partial charge on any atom is -0.463 e. The van der Waals surface area contributed by atoms with Crippen LogP contribution in [0.2, 0.25) is 0 Å². The monoisotopic (exact) mass is 519 g/mol. The van der Waals surface area contributed by atoms with E-state index in [1.54, 1.807) is 0 Å². The number of nitrogens with zero attached hydrogens (tertiary/aromatic N) is 4. The highest BCUT2D eigenvalue weighted by Crippen LogP contribution is 2.36. The number of amides is 1. The largest absolute Gasteiger partial charge is 0.463 e. The van der Waals surface area contributed by atoms with Crippen LogP contribution in [0.5, 0.6) is 0 Å². The van der Waals surface area contributed by atoms with Crippen LogP contribution in [0.1, 0.15) is 72.4 Å². The van der Waals surface area contributed by atoms with E-state index >= 15 is 0 Å². The highest BCUT2D eigenvalue weighted by atomic mass is 16.7. The fourth-order valence-electron chi connectivity index (χ4n) is 4.13. The molecule has 1 fully saturated rings. The number of hydrogen-bond acceptors (Lipinski definition) is 11. The Balaban J connectivity index is 1.85. The van der Waals surface area contributed by atoms with Crippen molar-refractivity contribution in [2.24, 2.45) is 0 Å². The van der Waals surface area contributed by atoms with E-state index in [9.17, 15) is 19.2 Å². The third-order valence-corrected chi connectivity index (χ3v) is 5.74. The van der Waals surface area contributed by atoms with Gasteiger partial charge in [-0.3, -0.25) is 23.7 Å². The maximum Gasteiger partial charge on any atom is 0.303 e. The van der Waals surface area contributed by atoms with E-state index in [0.29, 0.717) is 17.6 Å². The predicted molar refractivity (Wildman–Crippen MR) is 129 cm³/mol. The van der Waals surface area contributed by atoms with Crippen LogP contribution < -0.4 is 5.32 Å². The Labute approximate surface area is 214 Å². The second-order valence-electron chi connectivity index (χ2n) is 8.77. The van der Waals surface area contributed by atoms with Crippen molar-refractivity contribution in [1.82, 2.24) is 19.5 Å². The van der Waals surface area contributed by atoms with Crippen LogP contribution in [0.25, 0.3) is 11.2 Å². The first-order valence-electron chi connectivity index (χ1n) is 12.3. The first-order valence-corrected chi connectivity index (χ1v) is 12.3. The summed E-state index contributed by atoms with van der Waals surface area (Å²) in [5.41, 5.74) is 0.601. The predicted octanol–water partition coefficient (Wildman–Crippen LogP) is 2.45. The molecule has 0 bridgehead atoms. The molecular formula is C24H33N5O8. The topological polar surface area (TPSA) is 161 Å². The van der Waals surface area contributed by atoms with E-state index in [1.165, 1.54) is 38.0 Å². The van der Waals surface area contributed by atoms with Crippen LogP contribution in [-0.4, -0.2) is 68.3 Å². The molecule has 2 aromatic rings. The molecule has 0 unspecified atom stereocenters. The molecule has 0 radical (unpaired) electrons. The van der Waals surface area contributed by atoms with Gasteiger partial charge in [-0.2, -0.15) is 0 Å². The fraction of sp³-hybridized carbons (Fsp3) is 0.625. The van der Waals surface area contributed by atoms with Gasteiger partial charge in [0.05, 0.1) is 6.33 Å². The normalized spacial score (nSPS) is 21.0. The summed E-state index contributed by atoms with van der Waals surface area (Å²) in [6.45, 7) is 5.56. The zero-order valence-electron chi connectivity index (χ0n) is 21.5. The van der Waals surface area contributed by atoms with Crippen molar-refractivity contribution in [1.29, 1.82) is 0 Å². The first-order chi connectivity index (χ1) is 17.7. The molecule has 1 saturated heterocycles. The number of aromatic nitrogens is 4. The van der Waals surface area contributed by atoms with Crippen LogP contribution in [0.4, 0.5) is 5.82 Å². The number of nitrogens with one attached hydrogen (secondary N) is 1. The number of unbranched alkanes of at least 4 members (excludes halogenated alkanes) is 4. The summed E-state index contributed by atoms with van der Waals surface area (Å²) in [4.78, 5) is 60.3. The van der Waals surface area contributed by atoms with Crippen molar-refractivity contribution >= 4 is 40.8 Å². The van der Waals surface area contributed by atoms with Crippen LogP contribution in [0.15, 0.2) is 12.7 Å². The zero-order chi connectivity index (χ0) is 26.9. The van der Waals surface area contributed by atoms with E-state index in [2.05, 4.69) is 27.2 Å². The molecule has 1 N–H and O–H groups in total. The van der Waals surface area contributed by atoms with Gasteiger partial charge in [-0.25, -0.2) is 15.0 Å². The van der Waals surface area contributed by atoms with E-state index in [0.717, 1.165) is 32.1 Å². The number of hydrogen-bond donors (Lipinski definition) is 1. The molecule has 3 rings (SSSR count). The lowest BCUT2D eigenvalue weighted by atomic mass is 10.1. The van der Waals surface area contributed by atoms with Gasteiger partial charge < -0.3 is 24.3 Å². The van der Waals surface area contributed by atoms with Gasteiger partial charge in [-0.1, -0.05) is 32.6 Å². The van der Waals surface area contributed by atoms with Crippen LogP contribution >= 0.6 is 0 Å². The highest BCUT2D eigenvalue weighted by Gasteiger charge is 2.51. The van der Waals surface area contributed by atoms with Gasteiger partial charge >= 0.3 is 17.9 Å². The SMILES string of the molecule is CCCCCCCC(=O)Nc1ncnc2c1ncn2[C@@H]1O[C@H](COC(C)=O)[C@H](OC(C)=O)[C@H]1OC(C)=O. The number of esters is 3. The number of anilines is 1. The van der Waals surface area contributed by atoms with E-state index in [4.69, 9.17) is 18.9 Å². The van der Waals surface area contributed by atoms with Gasteiger partial charge in [0.25, 0.3) is 0 Å². The van der Waals surface area contributed by atoms with Gasteiger partial charge in [0.2, 0.25) is 5.91 Å². The zero-order valence-corrected chi connectivity index (χ0v) is 21.5. The molecule has 4 atom stereocenters. The van der Waals surface area contributed by atoms with Crippen LogP contribution in [0.3, 0.4) is 0 Å². The van der Waals surface area contributed by atoms with E-state index in [-0.39, 0.29) is 18.3 Å². The molecule has 37 heavy (non-hydrogen) atoms. The number of carbonyl (C=O) groups excluding carboxylic acids is 4. The second kappa shape index (κ2) is 13.1. The number of carbonyl (C=O) groups is 4. The van der Waals surface area contributed by atoms with Crippen molar-refractivity contribution in [2.45, 2.75) is 90.8 Å². The standard InChI is InChI=1S/C24H33N5O8/c1-5-6-7-8-9-10-18(33)28-22-19-23(26-12-25-22)29(13-27-19)24-21(36-16(4)32)20(35-15(3)31)17(37-24)11-34-14(2)30/h12-13,17,20-21,24H,5-11H2,1-4H3,(H,25,26,28,33)/t17-,20+,21-,24-/m1/s1. The van der Waals surface area contributed by atoms with Crippen molar-refractivity contribution in [2.75, 3.05) is 11.9 Å². The number of ether oxygens (including phenoxy) is 4. The maximum atomic E-state index is 12.5. The Morgan fingerprint density at radius 1 is 0.946 bits per heavy atom. The molecular weight excluding hydrogens is 486 g/mol. The van der Waals surface area contributed by atoms with Crippen molar-refractivity contribution < 1.29 is 38.1 Å². The molecule has 0 aliphatic carbocycles. The van der Waals surface area contributed by atoms with Crippen molar-refractivity contribution in [3.63, 3.8) is 0 Å². The summed E-state index contributed by atoms with van der Waals surface area (Å²) in [5, 5.41) is 2.78. The molecule has 0 aromatic carbocycles. The van der Waals surface area contributed by atoms with Gasteiger partial charge in [-0.15, -0.1) is 0 Å². The van der Waals surface area contributed by atoms with Gasteiger partial charge in [0, 0.05) is 27.2 Å². The summed E-state index contributed by atoms with van der Waals surface area (Å²) < 4.78 is 23.5. The van der Waals surface area contributed by atoms with E-state index in [1.807, 2.05) is 0 Å². The Kier molecular flexibility index (Phi) is 9.89. The number of rotatable bonds is 12. The lowest BCUT2D eigenvalue weighted by Gasteiger charge is -2.23. The molecule has 0 spiro atoms. The fourth-order valence-corrected chi connectivity index (χ4v) is 4.13. The molecule has 13 nitrogen and oxygen atoms in total. The Bertz CT molecular complexity index is 1120. The van der Waals surface area contributed by atoms with Gasteiger partial charge in [-0.05, 0) is 6.42 Å². The van der Waals surface area contributed by atoms with Gasteiger partial charge in [0.1, 0.15) is 19.0 Å². The average molecular weight is 520 g/mol. The highest BCUT2D eigenvalue weighted by molar-refractivity contribution is 5.96. The van der Waals surface area contributed by atoms with Crippen LogP contribution in [0, 0.1) is 0 Å². The summed E-state index contributed by atoms with van der Waals surface area (Å²) in [5.74, 6) is -1.76. The minimum absolute atomic E-state index is 0.183. The maximum absolute atomic E-state index is 12.5. The Morgan fingerprint density at radius 3 is 2.32 bits per heavy atom. The summed E-state index contributed by atoms with van der Waals surface area (Å²) >= 11 is 0. The lowest BCUT2D eigenvalue weighted by Crippen LogP contribution is -2.40. The molecule has 0 saturated carbocycles. The molecule has 1 aliphatic rings. The van der Waals surface area contributed by atoms with Crippen molar-refractivity contribution in [3.05, 3.63) is 12.7 Å². The van der Waals surface area contributed by atoms with Crippen LogP contribution in [-0.2, 0) is 38.1 Å². The lowest BCUT2D eigenvalue weighted by molar-refractivity contribution is -0.166. The minimum atomic E-state index is -1.09. The molecule has 202 valence electrons. The van der Waals surface area contributed by atoms with E-state index < -0.39 is 42.4 Å². The molecule has 2 aromatic heterocycles. The third kappa shape index (κ3) is 7.44. The number of fused-ring (bicyclic) bond motifs is 1. The number of imidazole rings is 1. The third-order valence-electron chi connectivity index (χ3n) is 5.74. The molecule has 1 aliphatic heterocycles. The quantitative estimate of drug-likeness (QED) is 0.249. The molecule has 3 heterocycles. The van der Waals surface area contributed by atoms with Gasteiger partial charge in [0.15, 0.2) is 35.4 Å². The average Bonchev–Trinajstić information content (AvgIpc) is 3.39. The summed E-state index contributed by atoms with van der Waals surface area (Å²) in [6, 6.07) is 0.